The van der Waals surface area contributed by atoms with Gasteiger partial charge in [-0.05, 0) is 34.1 Å². The molecule has 2 atom stereocenters. The van der Waals surface area contributed by atoms with Gasteiger partial charge < -0.3 is 15.2 Å². The van der Waals surface area contributed by atoms with Crippen molar-refractivity contribution >= 4 is 11.8 Å². The third-order valence-electron chi connectivity index (χ3n) is 5.51. The number of aryl methyl sites for hydroxylation is 2. The van der Waals surface area contributed by atoms with Gasteiger partial charge in [-0.1, -0.05) is 0 Å². The Kier molecular flexibility index (Phi) is 4.12. The normalized spacial score (nSPS) is 26.6. The van der Waals surface area contributed by atoms with Crippen LogP contribution in [0.1, 0.15) is 48.7 Å². The number of hydrogen-bond acceptors (Lipinski definition) is 3. The van der Waals surface area contributed by atoms with Crippen molar-refractivity contribution in [2.24, 2.45) is 11.8 Å². The molecule has 1 saturated carbocycles. The SMILES string of the molecule is Cc1nc(C(=O)N2CCC(CNC(=O)C3CC3(F)F)C2(C)C)c(C)[nH]1. The van der Waals surface area contributed by atoms with Gasteiger partial charge in [0.1, 0.15) is 17.4 Å². The summed E-state index contributed by atoms with van der Waals surface area (Å²) >= 11 is 0. The Morgan fingerprint density at radius 2 is 2.00 bits per heavy atom. The lowest BCUT2D eigenvalue weighted by molar-refractivity contribution is -0.124. The highest BCUT2D eigenvalue weighted by Crippen LogP contribution is 2.48. The fraction of sp³-hybridized carbons (Fsp3) is 0.706. The van der Waals surface area contributed by atoms with Gasteiger partial charge in [0.05, 0.1) is 0 Å². The minimum atomic E-state index is -2.85. The number of H-pyrrole nitrogens is 1. The van der Waals surface area contributed by atoms with Crippen LogP contribution in [0.15, 0.2) is 0 Å². The van der Waals surface area contributed by atoms with Crippen molar-refractivity contribution in [3.05, 3.63) is 17.2 Å². The molecule has 3 rings (SSSR count). The number of carbonyl (C=O) groups excluding carboxylic acids is 2. The summed E-state index contributed by atoms with van der Waals surface area (Å²) in [6, 6.07) is 0. The average Bonchev–Trinajstić information content (AvgIpc) is 2.84. The molecule has 2 amide bonds. The van der Waals surface area contributed by atoms with Crippen LogP contribution >= 0.6 is 0 Å². The van der Waals surface area contributed by atoms with E-state index >= 15 is 0 Å². The molecule has 0 aromatic carbocycles. The standard InChI is InChI=1S/C17H24F2N4O2/c1-9-13(22-10(2)21-9)15(25)23-6-5-11(16(23,3)4)8-20-14(24)12-7-17(12,18)19/h11-12H,5-8H2,1-4H3,(H,20,24)(H,21,22). The summed E-state index contributed by atoms with van der Waals surface area (Å²) in [5.74, 6) is -4.09. The molecule has 1 aromatic rings. The van der Waals surface area contributed by atoms with Crippen molar-refractivity contribution in [1.82, 2.24) is 20.2 Å². The smallest absolute Gasteiger partial charge is 0.274 e. The zero-order valence-corrected chi connectivity index (χ0v) is 14.9. The lowest BCUT2D eigenvalue weighted by Gasteiger charge is -2.36. The zero-order chi connectivity index (χ0) is 18.6. The third-order valence-corrected chi connectivity index (χ3v) is 5.51. The van der Waals surface area contributed by atoms with Crippen molar-refractivity contribution in [2.75, 3.05) is 13.1 Å². The van der Waals surface area contributed by atoms with Gasteiger partial charge in [-0.3, -0.25) is 9.59 Å². The average molecular weight is 354 g/mol. The third kappa shape index (κ3) is 3.14. The molecule has 2 unspecified atom stereocenters. The minimum absolute atomic E-state index is 0.00752. The molecule has 25 heavy (non-hydrogen) atoms. The molecule has 0 spiro atoms. The first kappa shape index (κ1) is 17.8. The number of imidazole rings is 1. The van der Waals surface area contributed by atoms with Crippen molar-refractivity contribution in [3.63, 3.8) is 0 Å². The van der Waals surface area contributed by atoms with Crippen molar-refractivity contribution < 1.29 is 18.4 Å². The molecule has 2 fully saturated rings. The fourth-order valence-corrected chi connectivity index (χ4v) is 3.65. The van der Waals surface area contributed by atoms with Crippen LogP contribution in [-0.4, -0.2) is 51.2 Å². The molecule has 2 heterocycles. The number of amides is 2. The molecule has 1 aromatic heterocycles. The maximum Gasteiger partial charge on any atom is 0.274 e. The highest BCUT2D eigenvalue weighted by Gasteiger charge is 2.61. The summed E-state index contributed by atoms with van der Waals surface area (Å²) < 4.78 is 25.9. The van der Waals surface area contributed by atoms with Crippen LogP contribution in [0.4, 0.5) is 8.78 Å². The van der Waals surface area contributed by atoms with Crippen LogP contribution in [-0.2, 0) is 4.79 Å². The minimum Gasteiger partial charge on any atom is -0.355 e. The van der Waals surface area contributed by atoms with E-state index in [1.807, 2.05) is 20.8 Å². The molecule has 2 aliphatic rings. The largest absolute Gasteiger partial charge is 0.355 e. The second-order valence-electron chi connectivity index (χ2n) is 7.65. The lowest BCUT2D eigenvalue weighted by Crippen LogP contribution is -2.49. The van der Waals surface area contributed by atoms with E-state index in [1.54, 1.807) is 11.8 Å². The van der Waals surface area contributed by atoms with Gasteiger partial charge >= 0.3 is 0 Å². The van der Waals surface area contributed by atoms with Crippen LogP contribution in [0.5, 0.6) is 0 Å². The molecule has 138 valence electrons. The predicted octanol–water partition coefficient (Wildman–Crippen LogP) is 2.04. The van der Waals surface area contributed by atoms with Crippen LogP contribution < -0.4 is 5.32 Å². The molecule has 0 bridgehead atoms. The van der Waals surface area contributed by atoms with E-state index in [1.165, 1.54) is 0 Å². The van der Waals surface area contributed by atoms with Gasteiger partial charge in [0.2, 0.25) is 5.91 Å². The van der Waals surface area contributed by atoms with Gasteiger partial charge in [0.25, 0.3) is 11.8 Å². The van der Waals surface area contributed by atoms with Crippen molar-refractivity contribution in [2.45, 2.75) is 52.0 Å². The number of carbonyl (C=O) groups is 2. The molecule has 8 heteroatoms. The van der Waals surface area contributed by atoms with E-state index in [-0.39, 0.29) is 18.2 Å². The van der Waals surface area contributed by atoms with Crippen LogP contribution in [0.3, 0.4) is 0 Å². The number of halogens is 2. The molecular weight excluding hydrogens is 330 g/mol. The molecule has 1 saturated heterocycles. The molecule has 1 aliphatic heterocycles. The molecule has 6 nitrogen and oxygen atoms in total. The fourth-order valence-electron chi connectivity index (χ4n) is 3.65. The number of rotatable bonds is 4. The summed E-state index contributed by atoms with van der Waals surface area (Å²) in [6.45, 7) is 8.33. The molecule has 1 aliphatic carbocycles. The van der Waals surface area contributed by atoms with Gasteiger partial charge in [-0.2, -0.15) is 0 Å². The van der Waals surface area contributed by atoms with Gasteiger partial charge in [-0.25, -0.2) is 13.8 Å². The predicted molar refractivity (Wildman–Crippen MR) is 87.3 cm³/mol. The first-order valence-electron chi connectivity index (χ1n) is 8.54. The highest BCUT2D eigenvalue weighted by molar-refractivity contribution is 5.94. The number of likely N-dealkylation sites (tertiary alicyclic amines) is 1. The van der Waals surface area contributed by atoms with Gasteiger partial charge in [0, 0.05) is 36.7 Å². The Labute approximate surface area is 145 Å². The van der Waals surface area contributed by atoms with E-state index in [0.29, 0.717) is 31.0 Å². The Hall–Kier alpha value is -1.99. The van der Waals surface area contributed by atoms with E-state index < -0.39 is 23.3 Å². The number of nitrogens with one attached hydrogen (secondary N) is 2. The summed E-state index contributed by atoms with van der Waals surface area (Å²) in [4.78, 5) is 33.7. The van der Waals surface area contributed by atoms with E-state index in [0.717, 1.165) is 5.69 Å². The number of hydrogen-bond donors (Lipinski definition) is 2. The number of aromatic nitrogens is 2. The Bertz CT molecular complexity index is 714. The molecule has 2 N–H and O–H groups in total. The Morgan fingerprint density at radius 3 is 2.52 bits per heavy atom. The van der Waals surface area contributed by atoms with Gasteiger partial charge in [-0.15, -0.1) is 0 Å². The Balaban J connectivity index is 1.64. The van der Waals surface area contributed by atoms with E-state index in [4.69, 9.17) is 0 Å². The topological polar surface area (TPSA) is 78.1 Å². The highest BCUT2D eigenvalue weighted by atomic mass is 19.3. The second kappa shape index (κ2) is 5.78. The number of nitrogens with zero attached hydrogens (tertiary/aromatic N) is 2. The first-order chi connectivity index (χ1) is 11.5. The lowest BCUT2D eigenvalue weighted by atomic mass is 9.88. The summed E-state index contributed by atoms with van der Waals surface area (Å²) in [6.07, 6.45) is 0.345. The van der Waals surface area contributed by atoms with Crippen molar-refractivity contribution in [1.29, 1.82) is 0 Å². The zero-order valence-electron chi connectivity index (χ0n) is 14.9. The van der Waals surface area contributed by atoms with Gasteiger partial charge in [0.15, 0.2) is 0 Å². The van der Waals surface area contributed by atoms with Crippen molar-refractivity contribution in [3.8, 4) is 0 Å². The van der Waals surface area contributed by atoms with E-state index in [9.17, 15) is 18.4 Å². The first-order valence-corrected chi connectivity index (χ1v) is 8.54. The summed E-state index contributed by atoms with van der Waals surface area (Å²) in [7, 11) is 0. The maximum atomic E-state index is 13.0. The molecule has 0 radical (unpaired) electrons. The van der Waals surface area contributed by atoms with Crippen LogP contribution in [0, 0.1) is 25.7 Å². The maximum absolute atomic E-state index is 13.0. The van der Waals surface area contributed by atoms with Crippen LogP contribution in [0.25, 0.3) is 0 Å². The molecular formula is C17H24F2N4O2. The monoisotopic (exact) mass is 354 g/mol. The summed E-state index contributed by atoms with van der Waals surface area (Å²) in [5.41, 5.74) is 0.648. The quantitative estimate of drug-likeness (QED) is 0.869. The Morgan fingerprint density at radius 1 is 1.36 bits per heavy atom. The second-order valence-corrected chi connectivity index (χ2v) is 7.65. The summed E-state index contributed by atoms with van der Waals surface area (Å²) in [5, 5.41) is 2.63. The number of aromatic amines is 1. The number of alkyl halides is 2. The van der Waals surface area contributed by atoms with E-state index in [2.05, 4.69) is 15.3 Å². The van der Waals surface area contributed by atoms with Crippen LogP contribution in [0.2, 0.25) is 0 Å².